The summed E-state index contributed by atoms with van der Waals surface area (Å²) in [6.07, 6.45) is 0. The van der Waals surface area contributed by atoms with Gasteiger partial charge in [0.2, 0.25) is 0 Å². The van der Waals surface area contributed by atoms with E-state index in [-0.39, 0.29) is 5.91 Å². The molecular formula is C13H14BrN3O2. The summed E-state index contributed by atoms with van der Waals surface area (Å²) in [5.74, 6) is 0.478. The topological polar surface area (TPSA) is 67.0 Å². The summed E-state index contributed by atoms with van der Waals surface area (Å²) in [6, 6.07) is 5.38. The van der Waals surface area contributed by atoms with Crippen molar-refractivity contribution in [3.8, 4) is 5.75 Å². The van der Waals surface area contributed by atoms with Crippen LogP contribution in [0.1, 0.15) is 21.7 Å². The van der Waals surface area contributed by atoms with Gasteiger partial charge >= 0.3 is 0 Å². The zero-order chi connectivity index (χ0) is 14.0. The van der Waals surface area contributed by atoms with Crippen LogP contribution >= 0.6 is 15.9 Å². The summed E-state index contributed by atoms with van der Waals surface area (Å²) in [5, 5.41) is 9.63. The van der Waals surface area contributed by atoms with Gasteiger partial charge in [-0.3, -0.25) is 9.89 Å². The van der Waals surface area contributed by atoms with E-state index in [1.165, 1.54) is 0 Å². The van der Waals surface area contributed by atoms with E-state index >= 15 is 0 Å². The van der Waals surface area contributed by atoms with Gasteiger partial charge in [-0.15, -0.1) is 0 Å². The first-order valence-corrected chi connectivity index (χ1v) is 6.48. The fourth-order valence-electron chi connectivity index (χ4n) is 1.82. The second-order valence-corrected chi connectivity index (χ2v) is 4.97. The number of amides is 1. The highest BCUT2D eigenvalue weighted by atomic mass is 79.9. The van der Waals surface area contributed by atoms with Gasteiger partial charge in [0.25, 0.3) is 5.91 Å². The lowest BCUT2D eigenvalue weighted by atomic mass is 10.2. The van der Waals surface area contributed by atoms with Crippen molar-refractivity contribution in [2.24, 2.45) is 0 Å². The Bertz CT molecular complexity index is 603. The van der Waals surface area contributed by atoms with E-state index in [9.17, 15) is 4.79 Å². The Morgan fingerprint density at radius 1 is 1.42 bits per heavy atom. The fourth-order valence-corrected chi connectivity index (χ4v) is 2.23. The quantitative estimate of drug-likeness (QED) is 0.912. The number of rotatable bonds is 3. The van der Waals surface area contributed by atoms with Crippen molar-refractivity contribution >= 4 is 27.5 Å². The van der Waals surface area contributed by atoms with Crippen molar-refractivity contribution in [2.75, 3.05) is 12.4 Å². The Balaban J connectivity index is 2.24. The number of aromatic nitrogens is 2. The van der Waals surface area contributed by atoms with E-state index in [1.54, 1.807) is 26.2 Å². The number of aromatic amines is 1. The number of carbonyl (C=O) groups is 1. The average molecular weight is 324 g/mol. The van der Waals surface area contributed by atoms with E-state index in [0.29, 0.717) is 22.7 Å². The number of H-pyrrole nitrogens is 1. The molecule has 0 aliphatic carbocycles. The first-order valence-electron chi connectivity index (χ1n) is 5.69. The van der Waals surface area contributed by atoms with Gasteiger partial charge in [0.05, 0.1) is 22.8 Å². The van der Waals surface area contributed by atoms with Crippen LogP contribution in [-0.4, -0.2) is 23.2 Å². The summed E-state index contributed by atoms with van der Waals surface area (Å²) < 4.78 is 6.03. The summed E-state index contributed by atoms with van der Waals surface area (Å²) in [6.45, 7) is 3.61. The standard InChI is InChI=1S/C13H14BrN3O2/c1-7-12(8(2)17-16-7)13(18)15-9-4-5-10(14)11(6-9)19-3/h4-6H,1-3H3,(H,15,18)(H,16,17). The Labute approximate surface area is 119 Å². The van der Waals surface area contributed by atoms with Crippen LogP contribution in [0.15, 0.2) is 22.7 Å². The lowest BCUT2D eigenvalue weighted by Gasteiger charge is -2.08. The number of nitrogens with zero attached hydrogens (tertiary/aromatic N) is 1. The Morgan fingerprint density at radius 2 is 2.16 bits per heavy atom. The number of methoxy groups -OCH3 is 1. The van der Waals surface area contributed by atoms with Gasteiger partial charge in [0.1, 0.15) is 5.75 Å². The highest BCUT2D eigenvalue weighted by Gasteiger charge is 2.15. The van der Waals surface area contributed by atoms with Crippen LogP contribution in [-0.2, 0) is 0 Å². The molecule has 0 fully saturated rings. The third-order valence-electron chi connectivity index (χ3n) is 2.76. The number of benzene rings is 1. The molecule has 1 aromatic heterocycles. The number of ether oxygens (including phenoxy) is 1. The molecule has 0 bridgehead atoms. The molecule has 0 unspecified atom stereocenters. The number of aryl methyl sites for hydroxylation is 2. The molecule has 0 atom stereocenters. The van der Waals surface area contributed by atoms with E-state index in [0.717, 1.165) is 10.2 Å². The molecule has 2 N–H and O–H groups in total. The number of carbonyl (C=O) groups excluding carboxylic acids is 1. The number of halogens is 1. The summed E-state index contributed by atoms with van der Waals surface area (Å²) >= 11 is 3.37. The van der Waals surface area contributed by atoms with Crippen LogP contribution < -0.4 is 10.1 Å². The molecule has 2 aromatic rings. The van der Waals surface area contributed by atoms with Gasteiger partial charge in [-0.1, -0.05) is 0 Å². The lowest BCUT2D eigenvalue weighted by molar-refractivity contribution is 0.102. The normalized spacial score (nSPS) is 10.3. The van der Waals surface area contributed by atoms with Crippen LogP contribution in [0.2, 0.25) is 0 Å². The molecule has 5 nitrogen and oxygen atoms in total. The molecular weight excluding hydrogens is 310 g/mol. The minimum atomic E-state index is -0.187. The number of hydrogen-bond acceptors (Lipinski definition) is 3. The van der Waals surface area contributed by atoms with Gasteiger partial charge in [0, 0.05) is 17.4 Å². The summed E-state index contributed by atoms with van der Waals surface area (Å²) in [4.78, 5) is 12.2. The van der Waals surface area contributed by atoms with Crippen LogP contribution in [0.25, 0.3) is 0 Å². The third-order valence-corrected chi connectivity index (χ3v) is 3.42. The van der Waals surface area contributed by atoms with E-state index in [1.807, 2.05) is 13.0 Å². The molecule has 0 radical (unpaired) electrons. The number of hydrogen-bond donors (Lipinski definition) is 2. The average Bonchev–Trinajstić information content (AvgIpc) is 2.71. The van der Waals surface area contributed by atoms with Gasteiger partial charge < -0.3 is 10.1 Å². The predicted octanol–water partition coefficient (Wildman–Crippen LogP) is 3.05. The van der Waals surface area contributed by atoms with Crippen LogP contribution in [0.3, 0.4) is 0 Å². The van der Waals surface area contributed by atoms with Gasteiger partial charge in [-0.2, -0.15) is 5.10 Å². The highest BCUT2D eigenvalue weighted by Crippen LogP contribution is 2.28. The van der Waals surface area contributed by atoms with E-state index < -0.39 is 0 Å². The van der Waals surface area contributed by atoms with Crippen molar-refractivity contribution < 1.29 is 9.53 Å². The number of anilines is 1. The lowest BCUT2D eigenvalue weighted by Crippen LogP contribution is -2.13. The summed E-state index contributed by atoms with van der Waals surface area (Å²) in [7, 11) is 1.58. The molecule has 1 heterocycles. The minimum absolute atomic E-state index is 0.187. The largest absolute Gasteiger partial charge is 0.495 e. The molecule has 0 spiro atoms. The molecule has 19 heavy (non-hydrogen) atoms. The van der Waals surface area contributed by atoms with Crippen molar-refractivity contribution in [3.05, 3.63) is 39.6 Å². The van der Waals surface area contributed by atoms with E-state index in [2.05, 4.69) is 31.4 Å². The maximum Gasteiger partial charge on any atom is 0.259 e. The highest BCUT2D eigenvalue weighted by molar-refractivity contribution is 9.10. The van der Waals surface area contributed by atoms with Crippen molar-refractivity contribution in [1.29, 1.82) is 0 Å². The van der Waals surface area contributed by atoms with Crippen molar-refractivity contribution in [1.82, 2.24) is 10.2 Å². The molecule has 100 valence electrons. The van der Waals surface area contributed by atoms with Crippen LogP contribution in [0.4, 0.5) is 5.69 Å². The predicted molar refractivity (Wildman–Crippen MR) is 76.7 cm³/mol. The third kappa shape index (κ3) is 2.78. The second kappa shape index (κ2) is 5.44. The van der Waals surface area contributed by atoms with Crippen molar-refractivity contribution in [3.63, 3.8) is 0 Å². The maximum atomic E-state index is 12.2. The smallest absolute Gasteiger partial charge is 0.259 e. The zero-order valence-electron chi connectivity index (χ0n) is 10.9. The fraction of sp³-hybridized carbons (Fsp3) is 0.231. The molecule has 0 aliphatic rings. The van der Waals surface area contributed by atoms with E-state index in [4.69, 9.17) is 4.74 Å². The second-order valence-electron chi connectivity index (χ2n) is 4.11. The maximum absolute atomic E-state index is 12.2. The SMILES string of the molecule is COc1cc(NC(=O)c2c(C)n[nH]c2C)ccc1Br. The molecule has 1 amide bonds. The first-order chi connectivity index (χ1) is 9.02. The molecule has 2 rings (SSSR count). The summed E-state index contributed by atoms with van der Waals surface area (Å²) in [5.41, 5.74) is 2.67. The molecule has 0 saturated carbocycles. The van der Waals surface area contributed by atoms with Crippen LogP contribution in [0.5, 0.6) is 5.75 Å². The Hall–Kier alpha value is -1.82. The Kier molecular flexibility index (Phi) is 3.90. The minimum Gasteiger partial charge on any atom is -0.495 e. The van der Waals surface area contributed by atoms with Gasteiger partial charge in [0.15, 0.2) is 0 Å². The van der Waals surface area contributed by atoms with Gasteiger partial charge in [-0.05, 0) is 41.9 Å². The number of nitrogens with one attached hydrogen (secondary N) is 2. The van der Waals surface area contributed by atoms with Crippen molar-refractivity contribution in [2.45, 2.75) is 13.8 Å². The molecule has 0 aliphatic heterocycles. The monoisotopic (exact) mass is 323 g/mol. The van der Waals surface area contributed by atoms with Crippen LogP contribution in [0, 0.1) is 13.8 Å². The van der Waals surface area contributed by atoms with Gasteiger partial charge in [-0.25, -0.2) is 0 Å². The first kappa shape index (κ1) is 13.6. The Morgan fingerprint density at radius 3 is 2.74 bits per heavy atom. The molecule has 6 heteroatoms. The molecule has 0 saturated heterocycles. The molecule has 1 aromatic carbocycles. The zero-order valence-corrected chi connectivity index (χ0v) is 12.5.